The lowest BCUT2D eigenvalue weighted by molar-refractivity contribution is -0.150. The van der Waals surface area contributed by atoms with Crippen molar-refractivity contribution in [2.24, 2.45) is 5.92 Å². The third kappa shape index (κ3) is 5.04. The van der Waals surface area contributed by atoms with E-state index in [4.69, 9.17) is 4.74 Å². The van der Waals surface area contributed by atoms with Crippen molar-refractivity contribution >= 4 is 40.1 Å². The molecular weight excluding hydrogens is 579 g/mol. The first-order valence-corrected chi connectivity index (χ1v) is 13.8. The molecule has 0 aromatic heterocycles. The highest BCUT2D eigenvalue weighted by Gasteiger charge is 2.60. The molecule has 0 unspecified atom stereocenters. The van der Waals surface area contributed by atoms with E-state index in [1.165, 1.54) is 0 Å². The Bertz CT molecular complexity index is 1270. The maximum absolute atomic E-state index is 14.0. The van der Waals surface area contributed by atoms with Crippen LogP contribution in [0, 0.1) is 9.49 Å². The van der Waals surface area contributed by atoms with Crippen LogP contribution >= 0.6 is 22.6 Å². The quantitative estimate of drug-likeness (QED) is 0.370. The number of fused-ring (bicyclic) bond motifs is 2. The van der Waals surface area contributed by atoms with E-state index in [1.807, 2.05) is 90.7 Å². The second-order valence-corrected chi connectivity index (χ2v) is 11.1. The van der Waals surface area contributed by atoms with Gasteiger partial charge in [-0.05, 0) is 58.3 Å². The lowest BCUT2D eigenvalue weighted by Crippen LogP contribution is -2.44. The summed E-state index contributed by atoms with van der Waals surface area (Å²) in [6, 6.07) is 25.8. The summed E-state index contributed by atoms with van der Waals surface area (Å²) >= 11 is 2.28. The monoisotopic (exact) mass is 610 g/mol. The molecule has 1 spiro atoms. The van der Waals surface area contributed by atoms with Crippen LogP contribution in [0.3, 0.4) is 0 Å². The van der Waals surface area contributed by atoms with Crippen LogP contribution in [-0.2, 0) is 33.0 Å². The number of hydrogen-bond donors (Lipinski definition) is 1. The number of halogens is 1. The Kier molecular flexibility index (Phi) is 7.65. The number of benzene rings is 3. The number of aliphatic hydroxyl groups excluding tert-OH is 1. The van der Waals surface area contributed by atoms with E-state index < -0.39 is 5.60 Å². The van der Waals surface area contributed by atoms with Crippen LogP contribution in [0.4, 0.5) is 5.69 Å². The fourth-order valence-corrected chi connectivity index (χ4v) is 5.98. The van der Waals surface area contributed by atoms with Crippen LogP contribution in [0.25, 0.3) is 0 Å². The minimum Gasteiger partial charge on any atom is -0.395 e. The zero-order chi connectivity index (χ0) is 26.0. The number of hydrogen-bond acceptors (Lipinski definition) is 4. The Balaban J connectivity index is 1.36. The molecule has 0 saturated carbocycles. The number of aliphatic hydroxyl groups is 1. The topological polar surface area (TPSA) is 70.1 Å². The normalized spacial score (nSPS) is 22.5. The lowest BCUT2D eigenvalue weighted by Gasteiger charge is -2.28. The predicted octanol–water partition coefficient (Wildman–Crippen LogP) is 4.87. The van der Waals surface area contributed by atoms with Crippen molar-refractivity contribution in [1.82, 2.24) is 4.90 Å². The molecule has 3 aromatic carbocycles. The van der Waals surface area contributed by atoms with Gasteiger partial charge in [-0.2, -0.15) is 0 Å². The van der Waals surface area contributed by atoms with Crippen LogP contribution in [0.1, 0.15) is 36.5 Å². The van der Waals surface area contributed by atoms with E-state index >= 15 is 0 Å². The molecule has 1 saturated heterocycles. The maximum atomic E-state index is 14.0. The molecule has 3 atom stereocenters. The molecule has 1 N–H and O–H groups in total. The Morgan fingerprint density at radius 2 is 1.76 bits per heavy atom. The summed E-state index contributed by atoms with van der Waals surface area (Å²) in [7, 11) is 0. The second-order valence-electron chi connectivity index (χ2n) is 9.88. The van der Waals surface area contributed by atoms with Gasteiger partial charge in [0.05, 0.1) is 31.4 Å². The SMILES string of the molecule is C[C@H]1C[C@@H](CC(=O)N(CCO)Cc2ccccc2)O[C@]12C(=O)N(Cc1ccc(I)cc1)c1ccccc12. The zero-order valence-electron chi connectivity index (χ0n) is 20.8. The van der Waals surface area contributed by atoms with Crippen molar-refractivity contribution in [1.29, 1.82) is 0 Å². The van der Waals surface area contributed by atoms with Gasteiger partial charge in [0.2, 0.25) is 5.91 Å². The molecule has 2 aliphatic heterocycles. The fraction of sp³-hybridized carbons (Fsp3) is 0.333. The molecule has 7 heteroatoms. The first kappa shape index (κ1) is 25.9. The molecule has 0 bridgehead atoms. The standard InChI is InChI=1S/C30H31IN2O4/c1-21-17-25(18-28(35)32(15-16-34)19-22-7-3-2-4-8-22)37-30(21)26-9-5-6-10-27(26)33(29(30)36)20-23-11-13-24(31)14-12-23/h2-14,21,25,34H,15-20H2,1H3/t21-,25-,30+/m0/s1. The minimum absolute atomic E-state index is 0.0637. The Labute approximate surface area is 231 Å². The van der Waals surface area contributed by atoms with Crippen LogP contribution in [0.15, 0.2) is 78.9 Å². The van der Waals surface area contributed by atoms with Gasteiger partial charge in [-0.25, -0.2) is 0 Å². The molecule has 0 aliphatic carbocycles. The summed E-state index contributed by atoms with van der Waals surface area (Å²) in [6.07, 6.45) is 0.405. The summed E-state index contributed by atoms with van der Waals surface area (Å²) in [5, 5.41) is 9.57. The summed E-state index contributed by atoms with van der Waals surface area (Å²) in [5.41, 5.74) is 2.72. The number of carbonyl (C=O) groups is 2. The van der Waals surface area contributed by atoms with Crippen molar-refractivity contribution in [3.8, 4) is 0 Å². The van der Waals surface area contributed by atoms with E-state index in [2.05, 4.69) is 22.6 Å². The Morgan fingerprint density at radius 1 is 1.05 bits per heavy atom. The molecule has 5 rings (SSSR count). The van der Waals surface area contributed by atoms with E-state index in [9.17, 15) is 14.7 Å². The van der Waals surface area contributed by atoms with Gasteiger partial charge >= 0.3 is 0 Å². The largest absolute Gasteiger partial charge is 0.395 e. The molecule has 6 nitrogen and oxygen atoms in total. The molecule has 1 fully saturated rings. The lowest BCUT2D eigenvalue weighted by atomic mass is 9.83. The summed E-state index contributed by atoms with van der Waals surface area (Å²) < 4.78 is 7.74. The third-order valence-electron chi connectivity index (χ3n) is 7.42. The van der Waals surface area contributed by atoms with Crippen LogP contribution in [-0.4, -0.2) is 41.1 Å². The molecule has 2 heterocycles. The zero-order valence-corrected chi connectivity index (χ0v) is 23.0. The van der Waals surface area contributed by atoms with Crippen molar-refractivity contribution in [2.75, 3.05) is 18.1 Å². The highest BCUT2D eigenvalue weighted by molar-refractivity contribution is 14.1. The Morgan fingerprint density at radius 3 is 2.49 bits per heavy atom. The number of nitrogens with zero attached hydrogens (tertiary/aromatic N) is 2. The van der Waals surface area contributed by atoms with Gasteiger partial charge in [-0.15, -0.1) is 0 Å². The van der Waals surface area contributed by atoms with Gasteiger partial charge in [0.25, 0.3) is 5.91 Å². The van der Waals surface area contributed by atoms with Crippen LogP contribution < -0.4 is 4.90 Å². The first-order valence-electron chi connectivity index (χ1n) is 12.7. The Hall–Kier alpha value is -2.75. The van der Waals surface area contributed by atoms with Crippen LogP contribution in [0.5, 0.6) is 0 Å². The van der Waals surface area contributed by atoms with Crippen molar-refractivity contribution < 1.29 is 19.4 Å². The van der Waals surface area contributed by atoms with E-state index in [1.54, 1.807) is 4.90 Å². The summed E-state index contributed by atoms with van der Waals surface area (Å²) in [5.74, 6) is -0.228. The van der Waals surface area contributed by atoms with Crippen molar-refractivity contribution in [3.63, 3.8) is 0 Å². The second kappa shape index (κ2) is 10.9. The molecule has 2 aliphatic rings. The van der Waals surface area contributed by atoms with E-state index in [0.29, 0.717) is 19.5 Å². The van der Waals surface area contributed by atoms with Crippen molar-refractivity contribution in [3.05, 3.63) is 99.1 Å². The molecule has 2 amide bonds. The summed E-state index contributed by atoms with van der Waals surface area (Å²) in [6.45, 7) is 3.09. The number of amides is 2. The number of rotatable bonds is 8. The molecule has 3 aromatic rings. The van der Waals surface area contributed by atoms with Gasteiger partial charge in [0.15, 0.2) is 5.60 Å². The van der Waals surface area contributed by atoms with Crippen LogP contribution in [0.2, 0.25) is 0 Å². The molecular formula is C30H31IN2O4. The molecule has 0 radical (unpaired) electrons. The number of ether oxygens (including phenoxy) is 1. The van der Waals surface area contributed by atoms with E-state index in [0.717, 1.165) is 25.9 Å². The number of carbonyl (C=O) groups excluding carboxylic acids is 2. The number of para-hydroxylation sites is 1. The predicted molar refractivity (Wildman–Crippen MR) is 151 cm³/mol. The van der Waals surface area contributed by atoms with Gasteiger partial charge in [0, 0.05) is 28.1 Å². The van der Waals surface area contributed by atoms with E-state index in [-0.39, 0.29) is 43.4 Å². The average Bonchev–Trinajstić information content (AvgIpc) is 3.35. The molecule has 37 heavy (non-hydrogen) atoms. The average molecular weight is 610 g/mol. The minimum atomic E-state index is -1.09. The van der Waals surface area contributed by atoms with Gasteiger partial charge in [0.1, 0.15) is 0 Å². The molecule has 192 valence electrons. The first-order chi connectivity index (χ1) is 17.9. The summed E-state index contributed by atoms with van der Waals surface area (Å²) in [4.78, 5) is 30.8. The van der Waals surface area contributed by atoms with Gasteiger partial charge in [-0.3, -0.25) is 9.59 Å². The van der Waals surface area contributed by atoms with Gasteiger partial charge < -0.3 is 19.6 Å². The highest BCUT2D eigenvalue weighted by atomic mass is 127. The maximum Gasteiger partial charge on any atom is 0.264 e. The van der Waals surface area contributed by atoms with Crippen molar-refractivity contribution in [2.45, 2.75) is 44.6 Å². The smallest absolute Gasteiger partial charge is 0.264 e. The van der Waals surface area contributed by atoms with Gasteiger partial charge in [-0.1, -0.05) is 67.6 Å². The number of anilines is 1. The third-order valence-corrected chi connectivity index (χ3v) is 8.14. The fourth-order valence-electron chi connectivity index (χ4n) is 5.62. The highest BCUT2D eigenvalue weighted by Crippen LogP contribution is 2.53.